The largest absolute Gasteiger partial charge is 0.119 e. The lowest BCUT2D eigenvalue weighted by atomic mass is 10.3. The maximum atomic E-state index is 5.23. The summed E-state index contributed by atoms with van der Waals surface area (Å²) in [5.41, 5.74) is 0. The number of thioether (sulfide) groups is 2. The molecular weight excluding hydrogens is 168 g/mol. The molecule has 1 unspecified atom stereocenters. The van der Waals surface area contributed by atoms with E-state index in [4.69, 9.17) is 18.6 Å². The van der Waals surface area contributed by atoms with Gasteiger partial charge in [-0.05, 0) is 6.42 Å². The fourth-order valence-electron chi connectivity index (χ4n) is 0.576. The zero-order chi connectivity index (χ0) is 6.69. The van der Waals surface area contributed by atoms with Gasteiger partial charge in [-0.1, -0.05) is 29.9 Å². The minimum Gasteiger partial charge on any atom is -0.119 e. The van der Waals surface area contributed by atoms with E-state index in [2.05, 4.69) is 5.92 Å². The number of thiocarbonyl (C=S) groups is 1. The van der Waals surface area contributed by atoms with E-state index < -0.39 is 0 Å². The summed E-state index contributed by atoms with van der Waals surface area (Å²) in [4.78, 5) is 0. The molecule has 0 amide bonds. The van der Waals surface area contributed by atoms with E-state index in [0.29, 0.717) is 5.25 Å². The van der Waals surface area contributed by atoms with Crippen molar-refractivity contribution in [3.8, 4) is 12.3 Å². The van der Waals surface area contributed by atoms with Crippen molar-refractivity contribution in [1.82, 2.24) is 0 Å². The Hall–Kier alpha value is 0.350. The zero-order valence-electron chi connectivity index (χ0n) is 4.79. The molecule has 1 rings (SSSR count). The first-order valence-corrected chi connectivity index (χ1v) is 4.90. The third kappa shape index (κ3) is 2.21. The summed E-state index contributed by atoms with van der Waals surface area (Å²) >= 11 is 8.36. The fraction of sp³-hybridized carbons (Fsp3) is 0.500. The average Bonchev–Trinajstić information content (AvgIpc) is 1.88. The van der Waals surface area contributed by atoms with Crippen molar-refractivity contribution in [1.29, 1.82) is 0 Å². The van der Waals surface area contributed by atoms with Gasteiger partial charge < -0.3 is 0 Å². The summed E-state index contributed by atoms with van der Waals surface area (Å²) in [5, 5.41) is 0.346. The van der Waals surface area contributed by atoms with Gasteiger partial charge in [0.05, 0.1) is 5.25 Å². The molecule has 0 spiro atoms. The molecule has 3 heteroatoms. The highest BCUT2D eigenvalue weighted by Crippen LogP contribution is 2.30. The molecule has 1 aliphatic rings. The zero-order valence-corrected chi connectivity index (χ0v) is 7.24. The van der Waals surface area contributed by atoms with Gasteiger partial charge in [0.15, 0.2) is 0 Å². The predicted molar refractivity (Wildman–Crippen MR) is 49.9 cm³/mol. The summed E-state index contributed by atoms with van der Waals surface area (Å²) in [7, 11) is 0. The van der Waals surface area contributed by atoms with Crippen molar-refractivity contribution in [2.75, 3.05) is 5.75 Å². The highest BCUT2D eigenvalue weighted by Gasteiger charge is 2.14. The molecule has 0 bridgehead atoms. The van der Waals surface area contributed by atoms with E-state index in [1.165, 1.54) is 0 Å². The van der Waals surface area contributed by atoms with Crippen molar-refractivity contribution in [2.45, 2.75) is 11.7 Å². The molecule has 1 atom stereocenters. The molecule has 0 aromatic carbocycles. The van der Waals surface area contributed by atoms with Crippen LogP contribution in [0.1, 0.15) is 6.42 Å². The minimum atomic E-state index is 0.346. The van der Waals surface area contributed by atoms with Crippen LogP contribution in [0.2, 0.25) is 0 Å². The maximum Gasteiger partial charge on any atom is 0.105 e. The van der Waals surface area contributed by atoms with Crippen molar-refractivity contribution in [3.63, 3.8) is 0 Å². The van der Waals surface area contributed by atoms with Crippen LogP contribution in [0.25, 0.3) is 0 Å². The Balaban J connectivity index is 2.43. The SMILES string of the molecule is C#CC1CCSC(=S)S1. The van der Waals surface area contributed by atoms with E-state index in [1.807, 2.05) is 0 Å². The highest BCUT2D eigenvalue weighted by molar-refractivity contribution is 8.47. The molecule has 0 radical (unpaired) electrons. The molecule has 0 N–H and O–H groups in total. The monoisotopic (exact) mass is 174 g/mol. The number of rotatable bonds is 0. The van der Waals surface area contributed by atoms with Gasteiger partial charge in [0.25, 0.3) is 0 Å². The third-order valence-electron chi connectivity index (χ3n) is 1.02. The van der Waals surface area contributed by atoms with E-state index in [9.17, 15) is 0 Å². The summed E-state index contributed by atoms with van der Waals surface area (Å²) in [5.74, 6) is 3.79. The fourth-order valence-corrected chi connectivity index (χ4v) is 3.25. The van der Waals surface area contributed by atoms with Crippen LogP contribution in [0.5, 0.6) is 0 Å². The van der Waals surface area contributed by atoms with Crippen LogP contribution in [-0.2, 0) is 0 Å². The smallest absolute Gasteiger partial charge is 0.105 e. The molecule has 1 saturated heterocycles. The average molecular weight is 174 g/mol. The molecule has 0 aromatic heterocycles. The Bertz CT molecular complexity index is 156. The molecule has 0 aromatic rings. The van der Waals surface area contributed by atoms with Crippen molar-refractivity contribution in [2.24, 2.45) is 0 Å². The van der Waals surface area contributed by atoms with E-state index in [1.54, 1.807) is 23.5 Å². The maximum absolute atomic E-state index is 5.23. The summed E-state index contributed by atoms with van der Waals surface area (Å²) in [6, 6.07) is 0. The molecule has 1 heterocycles. The van der Waals surface area contributed by atoms with Crippen molar-refractivity contribution >= 4 is 39.3 Å². The summed E-state index contributed by atoms with van der Waals surface area (Å²) in [6.07, 6.45) is 6.33. The van der Waals surface area contributed by atoms with Gasteiger partial charge in [-0.25, -0.2) is 0 Å². The van der Waals surface area contributed by atoms with E-state index in [0.717, 1.165) is 15.7 Å². The van der Waals surface area contributed by atoms with Crippen LogP contribution in [0.15, 0.2) is 0 Å². The van der Waals surface area contributed by atoms with Crippen LogP contribution in [0, 0.1) is 12.3 Å². The standard InChI is InChI=1S/C6H6S3/c1-2-5-3-4-8-6(7)9-5/h1,5H,3-4H2. The van der Waals surface area contributed by atoms with E-state index in [-0.39, 0.29) is 0 Å². The quantitative estimate of drug-likeness (QED) is 0.408. The van der Waals surface area contributed by atoms with Gasteiger partial charge in [0.1, 0.15) is 3.53 Å². The minimum absolute atomic E-state index is 0.346. The molecule has 9 heavy (non-hydrogen) atoms. The molecule has 0 aliphatic carbocycles. The lowest BCUT2D eigenvalue weighted by Crippen LogP contribution is -2.08. The second-order valence-corrected chi connectivity index (χ2v) is 5.16. The Morgan fingerprint density at radius 2 is 2.56 bits per heavy atom. The van der Waals surface area contributed by atoms with Gasteiger partial charge in [-0.15, -0.1) is 18.2 Å². The lowest BCUT2D eigenvalue weighted by Gasteiger charge is -2.15. The van der Waals surface area contributed by atoms with Crippen LogP contribution in [-0.4, -0.2) is 14.5 Å². The van der Waals surface area contributed by atoms with E-state index >= 15 is 0 Å². The third-order valence-corrected chi connectivity index (χ3v) is 3.83. The van der Waals surface area contributed by atoms with Crippen molar-refractivity contribution < 1.29 is 0 Å². The summed E-state index contributed by atoms with van der Waals surface area (Å²) in [6.45, 7) is 0. The van der Waals surface area contributed by atoms with Gasteiger partial charge in [0.2, 0.25) is 0 Å². The van der Waals surface area contributed by atoms with Gasteiger partial charge in [0, 0.05) is 5.75 Å². The molecule has 48 valence electrons. The Morgan fingerprint density at radius 1 is 1.78 bits per heavy atom. The molecular formula is C6H6S3. The Labute approximate surface area is 69.2 Å². The molecule has 0 saturated carbocycles. The molecule has 1 fully saturated rings. The Kier molecular flexibility index (Phi) is 2.90. The topological polar surface area (TPSA) is 0 Å². The molecule has 0 nitrogen and oxygen atoms in total. The lowest BCUT2D eigenvalue weighted by molar-refractivity contribution is 1.02. The molecule has 1 aliphatic heterocycles. The van der Waals surface area contributed by atoms with Crippen LogP contribution < -0.4 is 0 Å². The number of hydrogen-bond donors (Lipinski definition) is 0. The first-order chi connectivity index (χ1) is 4.33. The summed E-state index contributed by atoms with van der Waals surface area (Å²) < 4.78 is 1.00. The Morgan fingerprint density at radius 3 is 3.00 bits per heavy atom. The number of hydrogen-bond acceptors (Lipinski definition) is 3. The highest BCUT2D eigenvalue weighted by atomic mass is 32.2. The first-order valence-electron chi connectivity index (χ1n) is 2.62. The van der Waals surface area contributed by atoms with Crippen LogP contribution >= 0.6 is 35.7 Å². The van der Waals surface area contributed by atoms with Crippen molar-refractivity contribution in [3.05, 3.63) is 0 Å². The van der Waals surface area contributed by atoms with Crippen LogP contribution in [0.4, 0.5) is 0 Å². The van der Waals surface area contributed by atoms with Gasteiger partial charge in [-0.3, -0.25) is 0 Å². The van der Waals surface area contributed by atoms with Gasteiger partial charge >= 0.3 is 0 Å². The number of terminal acetylenes is 1. The predicted octanol–water partition coefficient (Wildman–Crippen LogP) is 2.14. The first kappa shape index (κ1) is 7.46. The van der Waals surface area contributed by atoms with Gasteiger partial charge in [-0.2, -0.15) is 0 Å². The second kappa shape index (κ2) is 3.50. The second-order valence-electron chi connectivity index (χ2n) is 1.66. The normalized spacial score (nSPS) is 27.4. The van der Waals surface area contributed by atoms with Crippen LogP contribution in [0.3, 0.4) is 0 Å².